The van der Waals surface area contributed by atoms with Gasteiger partial charge in [0.2, 0.25) is 5.91 Å². The lowest BCUT2D eigenvalue weighted by atomic mass is 10.1. The maximum atomic E-state index is 13.4. The van der Waals surface area contributed by atoms with Crippen LogP contribution in [0.3, 0.4) is 0 Å². The number of nitro groups is 1. The van der Waals surface area contributed by atoms with Crippen molar-refractivity contribution in [2.45, 2.75) is 26.8 Å². The number of rotatable bonds is 6. The molecule has 0 bridgehead atoms. The van der Waals surface area contributed by atoms with Crippen molar-refractivity contribution in [1.29, 1.82) is 0 Å². The number of hydrogen-bond acceptors (Lipinski definition) is 5. The molecule has 0 aliphatic carbocycles. The quantitative estimate of drug-likeness (QED) is 0.601. The summed E-state index contributed by atoms with van der Waals surface area (Å²) in [5.74, 6) is -1.87. The number of halogens is 2. The third kappa shape index (κ3) is 4.10. The SMILES string of the molecule is Cc1nn(CC(=O)NCC2CCN(c3ccc(F)c(F)c3)C2)c(C)c1[N+](=O)[O-]. The topological polar surface area (TPSA) is 93.3 Å². The number of carbonyl (C=O) groups excluding carboxylic acids is 1. The van der Waals surface area contributed by atoms with Gasteiger partial charge in [0.1, 0.15) is 17.9 Å². The van der Waals surface area contributed by atoms with Crippen LogP contribution in [0.5, 0.6) is 0 Å². The first-order valence-corrected chi connectivity index (χ1v) is 8.91. The van der Waals surface area contributed by atoms with Crippen LogP contribution in [0, 0.1) is 41.5 Å². The van der Waals surface area contributed by atoms with Gasteiger partial charge in [-0.1, -0.05) is 0 Å². The number of aromatic nitrogens is 2. The van der Waals surface area contributed by atoms with Gasteiger partial charge in [-0.2, -0.15) is 5.10 Å². The van der Waals surface area contributed by atoms with Crippen molar-refractivity contribution in [1.82, 2.24) is 15.1 Å². The summed E-state index contributed by atoms with van der Waals surface area (Å²) < 4.78 is 27.8. The maximum Gasteiger partial charge on any atom is 0.312 e. The highest BCUT2D eigenvalue weighted by atomic mass is 19.2. The first-order valence-electron chi connectivity index (χ1n) is 8.91. The molecule has 1 aliphatic rings. The Balaban J connectivity index is 1.52. The average molecular weight is 393 g/mol. The zero-order chi connectivity index (χ0) is 20.4. The second-order valence-electron chi connectivity index (χ2n) is 6.94. The summed E-state index contributed by atoms with van der Waals surface area (Å²) in [4.78, 5) is 24.7. The number of aryl methyl sites for hydroxylation is 1. The standard InChI is InChI=1S/C18H21F2N5O3/c1-11-18(25(27)28)12(2)24(22-11)10-17(26)21-8-13-5-6-23(9-13)14-3-4-15(19)16(20)7-14/h3-4,7,13H,5-6,8-10H2,1-2H3,(H,21,26). The minimum Gasteiger partial charge on any atom is -0.371 e. The lowest BCUT2D eigenvalue weighted by Crippen LogP contribution is -2.33. The van der Waals surface area contributed by atoms with E-state index in [-0.39, 0.29) is 29.8 Å². The predicted molar refractivity (Wildman–Crippen MR) is 98.0 cm³/mol. The van der Waals surface area contributed by atoms with Crippen molar-refractivity contribution in [2.75, 3.05) is 24.5 Å². The molecule has 1 aromatic heterocycles. The molecular formula is C18H21F2N5O3. The monoisotopic (exact) mass is 393 g/mol. The van der Waals surface area contributed by atoms with Gasteiger partial charge in [0.15, 0.2) is 11.6 Å². The van der Waals surface area contributed by atoms with Gasteiger partial charge in [0, 0.05) is 31.4 Å². The van der Waals surface area contributed by atoms with E-state index in [1.54, 1.807) is 6.92 Å². The summed E-state index contributed by atoms with van der Waals surface area (Å²) in [5, 5.41) is 17.9. The first kappa shape index (κ1) is 19.7. The molecule has 1 aliphatic heterocycles. The molecule has 10 heteroatoms. The molecule has 1 N–H and O–H groups in total. The average Bonchev–Trinajstić information content (AvgIpc) is 3.20. The highest BCUT2D eigenvalue weighted by molar-refractivity contribution is 5.75. The highest BCUT2D eigenvalue weighted by Gasteiger charge is 2.25. The smallest absolute Gasteiger partial charge is 0.312 e. The Morgan fingerprint density at radius 2 is 2.11 bits per heavy atom. The summed E-state index contributed by atoms with van der Waals surface area (Å²) in [5.41, 5.74) is 1.14. The summed E-state index contributed by atoms with van der Waals surface area (Å²) in [6.07, 6.45) is 0.810. The van der Waals surface area contributed by atoms with E-state index in [1.165, 1.54) is 23.7 Å². The summed E-state index contributed by atoms with van der Waals surface area (Å²) >= 11 is 0. The summed E-state index contributed by atoms with van der Waals surface area (Å²) in [6, 6.07) is 3.81. The third-order valence-corrected chi connectivity index (χ3v) is 4.96. The molecule has 1 amide bonds. The maximum absolute atomic E-state index is 13.4. The molecule has 2 aromatic rings. The lowest BCUT2D eigenvalue weighted by Gasteiger charge is -2.19. The number of nitrogens with one attached hydrogen (secondary N) is 1. The van der Waals surface area contributed by atoms with Crippen LogP contribution in [0.2, 0.25) is 0 Å². The van der Waals surface area contributed by atoms with Crippen LogP contribution in [0.15, 0.2) is 18.2 Å². The molecule has 8 nitrogen and oxygen atoms in total. The van der Waals surface area contributed by atoms with Crippen molar-refractivity contribution >= 4 is 17.3 Å². The van der Waals surface area contributed by atoms with Crippen molar-refractivity contribution in [3.63, 3.8) is 0 Å². The van der Waals surface area contributed by atoms with Crippen molar-refractivity contribution < 1.29 is 18.5 Å². The molecule has 1 aromatic carbocycles. The van der Waals surface area contributed by atoms with Crippen LogP contribution in [0.1, 0.15) is 17.8 Å². The van der Waals surface area contributed by atoms with E-state index in [2.05, 4.69) is 10.4 Å². The summed E-state index contributed by atoms with van der Waals surface area (Å²) in [6.45, 7) is 4.74. The van der Waals surface area contributed by atoms with E-state index in [1.807, 2.05) is 4.90 Å². The largest absolute Gasteiger partial charge is 0.371 e. The number of amides is 1. The Hall–Kier alpha value is -3.04. The Kier molecular flexibility index (Phi) is 5.57. The van der Waals surface area contributed by atoms with Crippen molar-refractivity contribution in [3.05, 3.63) is 51.3 Å². The second kappa shape index (κ2) is 7.91. The van der Waals surface area contributed by atoms with Crippen LogP contribution in [0.4, 0.5) is 20.2 Å². The van der Waals surface area contributed by atoms with Crippen molar-refractivity contribution in [2.24, 2.45) is 5.92 Å². The van der Waals surface area contributed by atoms with Crippen molar-refractivity contribution in [3.8, 4) is 0 Å². The van der Waals surface area contributed by atoms with Gasteiger partial charge < -0.3 is 10.2 Å². The Labute approximate surface area is 160 Å². The molecule has 1 unspecified atom stereocenters. The van der Waals surface area contributed by atoms with Crippen LogP contribution in [-0.4, -0.2) is 40.2 Å². The molecular weight excluding hydrogens is 372 g/mol. The fourth-order valence-electron chi connectivity index (χ4n) is 3.47. The van der Waals surface area contributed by atoms with E-state index in [9.17, 15) is 23.7 Å². The third-order valence-electron chi connectivity index (χ3n) is 4.96. The Morgan fingerprint density at radius 3 is 2.75 bits per heavy atom. The normalized spacial score (nSPS) is 16.4. The molecule has 2 heterocycles. The Morgan fingerprint density at radius 1 is 1.36 bits per heavy atom. The second-order valence-corrected chi connectivity index (χ2v) is 6.94. The molecule has 1 atom stereocenters. The predicted octanol–water partition coefficient (Wildman–Crippen LogP) is 2.33. The Bertz CT molecular complexity index is 915. The molecule has 28 heavy (non-hydrogen) atoms. The molecule has 3 rings (SSSR count). The molecule has 1 saturated heterocycles. The summed E-state index contributed by atoms with van der Waals surface area (Å²) in [7, 11) is 0. The van der Waals surface area contributed by atoms with Crippen LogP contribution >= 0.6 is 0 Å². The minimum absolute atomic E-state index is 0.0780. The minimum atomic E-state index is -0.881. The van der Waals surface area contributed by atoms with Gasteiger partial charge >= 0.3 is 5.69 Å². The van der Waals surface area contributed by atoms with E-state index >= 15 is 0 Å². The molecule has 0 spiro atoms. The van der Waals surface area contributed by atoms with E-state index < -0.39 is 16.6 Å². The van der Waals surface area contributed by atoms with Gasteiger partial charge in [0.25, 0.3) is 0 Å². The number of anilines is 1. The fraction of sp³-hybridized carbons (Fsp3) is 0.444. The molecule has 0 radical (unpaired) electrons. The van der Waals surface area contributed by atoms with Crippen LogP contribution in [0.25, 0.3) is 0 Å². The van der Waals surface area contributed by atoms with Gasteiger partial charge in [-0.25, -0.2) is 8.78 Å². The highest BCUT2D eigenvalue weighted by Crippen LogP contribution is 2.25. The van der Waals surface area contributed by atoms with Gasteiger partial charge in [-0.15, -0.1) is 0 Å². The van der Waals surface area contributed by atoms with Gasteiger partial charge in [-0.05, 0) is 38.3 Å². The van der Waals surface area contributed by atoms with Crippen LogP contribution < -0.4 is 10.2 Å². The molecule has 0 saturated carbocycles. The van der Waals surface area contributed by atoms with Gasteiger partial charge in [-0.3, -0.25) is 19.6 Å². The molecule has 150 valence electrons. The van der Waals surface area contributed by atoms with Gasteiger partial charge in [0.05, 0.1) is 4.92 Å². The zero-order valence-electron chi connectivity index (χ0n) is 15.6. The number of carbonyl (C=O) groups is 1. The zero-order valence-corrected chi connectivity index (χ0v) is 15.6. The lowest BCUT2D eigenvalue weighted by molar-refractivity contribution is -0.386. The van der Waals surface area contributed by atoms with E-state index in [0.717, 1.165) is 12.5 Å². The fourth-order valence-corrected chi connectivity index (χ4v) is 3.47. The number of nitrogens with zero attached hydrogens (tertiary/aromatic N) is 4. The number of hydrogen-bond donors (Lipinski definition) is 1. The first-order chi connectivity index (χ1) is 13.3. The van der Waals surface area contributed by atoms with E-state index in [4.69, 9.17) is 0 Å². The van der Waals surface area contributed by atoms with Crippen LogP contribution in [-0.2, 0) is 11.3 Å². The molecule has 1 fully saturated rings. The number of benzene rings is 1. The van der Waals surface area contributed by atoms with E-state index in [0.29, 0.717) is 31.0 Å².